The van der Waals surface area contributed by atoms with Gasteiger partial charge in [-0.25, -0.2) is 0 Å². The molecule has 6 heteroatoms. The highest BCUT2D eigenvalue weighted by Crippen LogP contribution is 2.19. The van der Waals surface area contributed by atoms with Gasteiger partial charge in [0, 0.05) is 41.4 Å². The number of aromatic nitrogens is 1. The van der Waals surface area contributed by atoms with Gasteiger partial charge in [-0.15, -0.1) is 0 Å². The molecule has 1 aromatic rings. The van der Waals surface area contributed by atoms with Crippen molar-refractivity contribution < 1.29 is 9.47 Å². The van der Waals surface area contributed by atoms with Crippen LogP contribution in [0.1, 0.15) is 19.5 Å². The maximum absolute atomic E-state index is 5.45. The zero-order valence-corrected chi connectivity index (χ0v) is 13.8. The summed E-state index contributed by atoms with van der Waals surface area (Å²) in [6.45, 7) is 6.52. The molecular weight excluding hydrogens is 364 g/mol. The standard InChI is InChI=1S/C12H18Br2N2O2/c1-3-17-12(18-4-2)8-15-7-11-10(14)5-9(13)6-16-11/h5-6,12,15H,3-4,7-8H2,1-2H3. The summed E-state index contributed by atoms with van der Waals surface area (Å²) in [5.41, 5.74) is 0.963. The number of ether oxygens (including phenoxy) is 2. The van der Waals surface area contributed by atoms with Crippen LogP contribution in [0.25, 0.3) is 0 Å². The quantitative estimate of drug-likeness (QED) is 0.702. The number of nitrogens with one attached hydrogen (secondary N) is 1. The Kier molecular flexibility index (Phi) is 8.01. The summed E-state index contributed by atoms with van der Waals surface area (Å²) in [5, 5.41) is 3.27. The lowest BCUT2D eigenvalue weighted by molar-refractivity contribution is -0.133. The Morgan fingerprint density at radius 1 is 1.28 bits per heavy atom. The van der Waals surface area contributed by atoms with Gasteiger partial charge in [-0.05, 0) is 51.8 Å². The highest BCUT2D eigenvalue weighted by atomic mass is 79.9. The normalized spacial score (nSPS) is 11.2. The van der Waals surface area contributed by atoms with Gasteiger partial charge in [-0.1, -0.05) is 0 Å². The Labute approximate surface area is 125 Å². The van der Waals surface area contributed by atoms with E-state index in [0.29, 0.717) is 26.3 Å². The molecule has 1 aromatic heterocycles. The van der Waals surface area contributed by atoms with E-state index in [1.807, 2.05) is 19.9 Å². The Balaban J connectivity index is 2.39. The number of hydrogen-bond donors (Lipinski definition) is 1. The van der Waals surface area contributed by atoms with E-state index in [0.717, 1.165) is 14.6 Å². The summed E-state index contributed by atoms with van der Waals surface area (Å²) in [6, 6.07) is 1.98. The Morgan fingerprint density at radius 2 is 1.94 bits per heavy atom. The van der Waals surface area contributed by atoms with Gasteiger partial charge in [-0.2, -0.15) is 0 Å². The second-order valence-electron chi connectivity index (χ2n) is 3.55. The lowest BCUT2D eigenvalue weighted by Gasteiger charge is -2.17. The van der Waals surface area contributed by atoms with Gasteiger partial charge in [0.1, 0.15) is 0 Å². The van der Waals surface area contributed by atoms with Crippen LogP contribution < -0.4 is 5.32 Å². The van der Waals surface area contributed by atoms with E-state index in [1.165, 1.54) is 0 Å². The minimum absolute atomic E-state index is 0.200. The van der Waals surface area contributed by atoms with E-state index < -0.39 is 0 Å². The van der Waals surface area contributed by atoms with Crippen LogP contribution in [0.4, 0.5) is 0 Å². The van der Waals surface area contributed by atoms with Crippen LogP contribution >= 0.6 is 31.9 Å². The zero-order chi connectivity index (χ0) is 13.4. The van der Waals surface area contributed by atoms with Crippen molar-refractivity contribution >= 4 is 31.9 Å². The van der Waals surface area contributed by atoms with Gasteiger partial charge in [0.2, 0.25) is 0 Å². The lowest BCUT2D eigenvalue weighted by atomic mass is 10.3. The highest BCUT2D eigenvalue weighted by Gasteiger charge is 2.08. The number of halogens is 2. The molecule has 1 rings (SSSR count). The fourth-order valence-corrected chi connectivity index (χ4v) is 2.55. The maximum atomic E-state index is 5.45. The summed E-state index contributed by atoms with van der Waals surface area (Å²) < 4.78 is 12.8. The molecule has 0 aromatic carbocycles. The summed E-state index contributed by atoms with van der Waals surface area (Å²) in [6.07, 6.45) is 1.58. The number of nitrogens with zero attached hydrogens (tertiary/aromatic N) is 1. The van der Waals surface area contributed by atoms with E-state index in [9.17, 15) is 0 Å². The zero-order valence-electron chi connectivity index (χ0n) is 10.6. The third-order valence-electron chi connectivity index (χ3n) is 2.19. The summed E-state index contributed by atoms with van der Waals surface area (Å²) in [5.74, 6) is 0. The van der Waals surface area contributed by atoms with Crippen molar-refractivity contribution in [1.82, 2.24) is 10.3 Å². The third kappa shape index (κ3) is 5.75. The van der Waals surface area contributed by atoms with Gasteiger partial charge in [0.15, 0.2) is 6.29 Å². The molecule has 0 saturated heterocycles. The van der Waals surface area contributed by atoms with Crippen LogP contribution in [0.2, 0.25) is 0 Å². The predicted molar refractivity (Wildman–Crippen MR) is 78.4 cm³/mol. The van der Waals surface area contributed by atoms with Crippen LogP contribution in [-0.4, -0.2) is 31.0 Å². The third-order valence-corrected chi connectivity index (χ3v) is 3.31. The van der Waals surface area contributed by atoms with Gasteiger partial charge in [0.25, 0.3) is 0 Å². The molecular formula is C12H18Br2N2O2. The van der Waals surface area contributed by atoms with Crippen LogP contribution in [-0.2, 0) is 16.0 Å². The van der Waals surface area contributed by atoms with Gasteiger partial charge < -0.3 is 14.8 Å². The van der Waals surface area contributed by atoms with Crippen LogP contribution in [0, 0.1) is 0 Å². The second kappa shape index (κ2) is 8.98. The molecule has 0 radical (unpaired) electrons. The van der Waals surface area contributed by atoms with Crippen molar-refractivity contribution in [1.29, 1.82) is 0 Å². The molecule has 0 unspecified atom stereocenters. The van der Waals surface area contributed by atoms with Crippen molar-refractivity contribution in [2.75, 3.05) is 19.8 Å². The van der Waals surface area contributed by atoms with Crippen LogP contribution in [0.5, 0.6) is 0 Å². The molecule has 0 aliphatic heterocycles. The molecule has 102 valence electrons. The van der Waals surface area contributed by atoms with Gasteiger partial charge in [0.05, 0.1) is 5.69 Å². The maximum Gasteiger partial charge on any atom is 0.169 e. The van der Waals surface area contributed by atoms with Crippen molar-refractivity contribution in [3.8, 4) is 0 Å². The number of hydrogen-bond acceptors (Lipinski definition) is 4. The molecule has 1 heterocycles. The molecule has 0 aliphatic rings. The van der Waals surface area contributed by atoms with E-state index >= 15 is 0 Å². The first kappa shape index (κ1) is 16.0. The average molecular weight is 382 g/mol. The predicted octanol–water partition coefficient (Wildman–Crippen LogP) is 3.10. The highest BCUT2D eigenvalue weighted by molar-refractivity contribution is 9.11. The Bertz CT molecular complexity index is 358. The first-order valence-electron chi connectivity index (χ1n) is 5.91. The van der Waals surface area contributed by atoms with E-state index in [2.05, 4.69) is 42.2 Å². The molecule has 18 heavy (non-hydrogen) atoms. The number of rotatable bonds is 8. The molecule has 0 saturated carbocycles. The average Bonchev–Trinajstić information content (AvgIpc) is 2.32. The van der Waals surface area contributed by atoms with Crippen LogP contribution in [0.15, 0.2) is 21.2 Å². The molecule has 0 atom stereocenters. The molecule has 0 bridgehead atoms. The van der Waals surface area contributed by atoms with E-state index in [4.69, 9.17) is 9.47 Å². The lowest BCUT2D eigenvalue weighted by Crippen LogP contribution is -2.31. The summed E-state index contributed by atoms with van der Waals surface area (Å²) >= 11 is 6.86. The number of pyridine rings is 1. The molecule has 1 N–H and O–H groups in total. The minimum atomic E-state index is -0.200. The largest absolute Gasteiger partial charge is 0.352 e. The van der Waals surface area contributed by atoms with Gasteiger partial charge >= 0.3 is 0 Å². The fraction of sp³-hybridized carbons (Fsp3) is 0.583. The summed E-state index contributed by atoms with van der Waals surface area (Å²) in [7, 11) is 0. The first-order chi connectivity index (χ1) is 8.67. The van der Waals surface area contributed by atoms with Crippen molar-refractivity contribution in [3.63, 3.8) is 0 Å². The SMILES string of the molecule is CCOC(CNCc1ncc(Br)cc1Br)OCC. The molecule has 0 aliphatic carbocycles. The Morgan fingerprint density at radius 3 is 2.50 bits per heavy atom. The molecule has 0 fully saturated rings. The monoisotopic (exact) mass is 380 g/mol. The first-order valence-corrected chi connectivity index (χ1v) is 7.49. The van der Waals surface area contributed by atoms with Crippen LogP contribution in [0.3, 0.4) is 0 Å². The second-order valence-corrected chi connectivity index (χ2v) is 5.32. The fourth-order valence-electron chi connectivity index (χ4n) is 1.42. The van der Waals surface area contributed by atoms with Crippen molar-refractivity contribution in [2.45, 2.75) is 26.7 Å². The molecule has 4 nitrogen and oxygen atoms in total. The smallest absolute Gasteiger partial charge is 0.169 e. The minimum Gasteiger partial charge on any atom is -0.352 e. The van der Waals surface area contributed by atoms with E-state index in [-0.39, 0.29) is 6.29 Å². The Hall–Kier alpha value is -0.0100. The van der Waals surface area contributed by atoms with Crippen molar-refractivity contribution in [3.05, 3.63) is 26.9 Å². The van der Waals surface area contributed by atoms with E-state index in [1.54, 1.807) is 6.20 Å². The topological polar surface area (TPSA) is 43.4 Å². The van der Waals surface area contributed by atoms with Gasteiger partial charge in [-0.3, -0.25) is 4.98 Å². The van der Waals surface area contributed by atoms with Crippen molar-refractivity contribution in [2.24, 2.45) is 0 Å². The summed E-state index contributed by atoms with van der Waals surface area (Å²) in [4.78, 5) is 4.33. The molecule has 0 amide bonds. The molecule has 0 spiro atoms.